The molecule has 0 atom stereocenters. The molecular formula is C21H20N2O8. The van der Waals surface area contributed by atoms with Gasteiger partial charge in [0.25, 0.3) is 5.89 Å². The van der Waals surface area contributed by atoms with Crippen molar-refractivity contribution in [2.45, 2.75) is 6.61 Å². The van der Waals surface area contributed by atoms with Crippen LogP contribution in [-0.2, 0) is 16.1 Å². The predicted molar refractivity (Wildman–Crippen MR) is 106 cm³/mol. The Balaban J connectivity index is 1.81. The molecule has 0 saturated heterocycles. The van der Waals surface area contributed by atoms with Gasteiger partial charge in [0.2, 0.25) is 5.82 Å². The second kappa shape index (κ2) is 9.61. The summed E-state index contributed by atoms with van der Waals surface area (Å²) in [6, 6.07) is 9.41. The van der Waals surface area contributed by atoms with Gasteiger partial charge in [-0.2, -0.15) is 4.98 Å². The summed E-state index contributed by atoms with van der Waals surface area (Å²) in [4.78, 5) is 28.1. The summed E-state index contributed by atoms with van der Waals surface area (Å²) < 4.78 is 30.8. The van der Waals surface area contributed by atoms with E-state index in [1.54, 1.807) is 25.3 Å². The molecule has 0 amide bonds. The summed E-state index contributed by atoms with van der Waals surface area (Å²) in [6.07, 6.45) is 0. The van der Waals surface area contributed by atoms with E-state index in [4.69, 9.17) is 28.2 Å². The zero-order valence-corrected chi connectivity index (χ0v) is 17.3. The van der Waals surface area contributed by atoms with Crippen LogP contribution in [-0.4, -0.2) is 50.5 Å². The van der Waals surface area contributed by atoms with Crippen molar-refractivity contribution < 1.29 is 37.8 Å². The summed E-state index contributed by atoms with van der Waals surface area (Å²) in [5.41, 5.74) is 0.878. The molecule has 2 aromatic carbocycles. The van der Waals surface area contributed by atoms with E-state index < -0.39 is 11.9 Å². The number of methoxy groups -OCH3 is 4. The topological polar surface area (TPSA) is 119 Å². The lowest BCUT2D eigenvalue weighted by molar-refractivity contribution is 0.0598. The van der Waals surface area contributed by atoms with E-state index in [1.165, 1.54) is 39.5 Å². The minimum atomic E-state index is -0.623. The van der Waals surface area contributed by atoms with Crippen molar-refractivity contribution in [3.8, 4) is 28.6 Å². The highest BCUT2D eigenvalue weighted by Crippen LogP contribution is 2.31. The molecule has 1 heterocycles. The van der Waals surface area contributed by atoms with E-state index in [0.29, 0.717) is 22.9 Å². The highest BCUT2D eigenvalue weighted by atomic mass is 16.5. The summed E-state index contributed by atoms with van der Waals surface area (Å²) >= 11 is 0. The van der Waals surface area contributed by atoms with Gasteiger partial charge in [0, 0.05) is 6.07 Å². The predicted octanol–water partition coefficient (Wildman–Crippen LogP) is 2.91. The van der Waals surface area contributed by atoms with Crippen molar-refractivity contribution in [2.75, 3.05) is 28.4 Å². The second-order valence-corrected chi connectivity index (χ2v) is 6.10. The van der Waals surface area contributed by atoms with Crippen LogP contribution in [0.1, 0.15) is 26.6 Å². The van der Waals surface area contributed by atoms with Crippen LogP contribution in [0.25, 0.3) is 11.4 Å². The first kappa shape index (κ1) is 21.6. The van der Waals surface area contributed by atoms with Gasteiger partial charge >= 0.3 is 11.9 Å². The monoisotopic (exact) mass is 428 g/mol. The number of ether oxygens (including phenoxy) is 5. The Labute approximate surface area is 177 Å². The van der Waals surface area contributed by atoms with Crippen molar-refractivity contribution in [2.24, 2.45) is 0 Å². The first-order valence-corrected chi connectivity index (χ1v) is 8.98. The number of hydrogen-bond donors (Lipinski definition) is 0. The highest BCUT2D eigenvalue weighted by molar-refractivity contribution is 5.96. The van der Waals surface area contributed by atoms with E-state index in [0.717, 1.165) is 0 Å². The van der Waals surface area contributed by atoms with Crippen molar-refractivity contribution in [1.29, 1.82) is 0 Å². The van der Waals surface area contributed by atoms with Gasteiger partial charge in [-0.25, -0.2) is 9.59 Å². The van der Waals surface area contributed by atoms with Gasteiger partial charge in [-0.05, 0) is 30.3 Å². The molecule has 0 aliphatic carbocycles. The molecule has 0 saturated carbocycles. The summed E-state index contributed by atoms with van der Waals surface area (Å²) in [5, 5.41) is 3.95. The average Bonchev–Trinajstić information content (AvgIpc) is 3.29. The van der Waals surface area contributed by atoms with Crippen molar-refractivity contribution in [1.82, 2.24) is 10.1 Å². The zero-order valence-electron chi connectivity index (χ0n) is 17.3. The Morgan fingerprint density at radius 2 is 1.55 bits per heavy atom. The highest BCUT2D eigenvalue weighted by Gasteiger charge is 2.17. The van der Waals surface area contributed by atoms with Crippen molar-refractivity contribution >= 4 is 11.9 Å². The molecule has 31 heavy (non-hydrogen) atoms. The minimum absolute atomic E-state index is 0.100. The molecule has 0 unspecified atom stereocenters. The largest absolute Gasteiger partial charge is 0.497 e. The Morgan fingerprint density at radius 3 is 2.13 bits per heavy atom. The van der Waals surface area contributed by atoms with Gasteiger partial charge in [-0.1, -0.05) is 5.16 Å². The van der Waals surface area contributed by atoms with Crippen molar-refractivity contribution in [3.63, 3.8) is 0 Å². The first-order chi connectivity index (χ1) is 15.0. The zero-order chi connectivity index (χ0) is 22.4. The Bertz CT molecular complexity index is 1060. The quantitative estimate of drug-likeness (QED) is 0.495. The fraction of sp³-hybridized carbons (Fsp3) is 0.238. The fourth-order valence-electron chi connectivity index (χ4n) is 2.71. The number of benzene rings is 2. The Morgan fingerprint density at radius 1 is 0.871 bits per heavy atom. The van der Waals surface area contributed by atoms with Crippen LogP contribution in [0, 0.1) is 0 Å². The summed E-state index contributed by atoms with van der Waals surface area (Å²) in [7, 11) is 5.55. The van der Waals surface area contributed by atoms with Crippen LogP contribution in [0.15, 0.2) is 40.9 Å². The normalized spacial score (nSPS) is 10.3. The van der Waals surface area contributed by atoms with E-state index in [2.05, 4.69) is 10.1 Å². The molecule has 10 nitrogen and oxygen atoms in total. The maximum absolute atomic E-state index is 11.9. The van der Waals surface area contributed by atoms with Crippen LogP contribution in [0.2, 0.25) is 0 Å². The summed E-state index contributed by atoms with van der Waals surface area (Å²) in [6.45, 7) is -0.100. The standard InChI is InChI=1S/C21H20N2O8/c1-26-14-5-6-16(17(10-14)27-2)19-22-18(31-23-19)11-30-15-8-12(20(24)28-3)7-13(9-15)21(25)29-4/h5-10H,11H2,1-4H3. The molecule has 1 aromatic heterocycles. The van der Waals surface area contributed by atoms with E-state index >= 15 is 0 Å². The molecule has 0 spiro atoms. The van der Waals surface area contributed by atoms with Crippen LogP contribution >= 0.6 is 0 Å². The fourth-order valence-corrected chi connectivity index (χ4v) is 2.71. The molecule has 162 valence electrons. The second-order valence-electron chi connectivity index (χ2n) is 6.10. The summed E-state index contributed by atoms with van der Waals surface area (Å²) in [5.74, 6) is 0.600. The number of carbonyl (C=O) groups is 2. The van der Waals surface area contributed by atoms with Crippen molar-refractivity contribution in [3.05, 3.63) is 53.4 Å². The Kier molecular flexibility index (Phi) is 6.71. The lowest BCUT2D eigenvalue weighted by Crippen LogP contribution is -2.08. The third-order valence-electron chi connectivity index (χ3n) is 4.23. The first-order valence-electron chi connectivity index (χ1n) is 8.98. The molecule has 0 N–H and O–H groups in total. The number of rotatable bonds is 8. The van der Waals surface area contributed by atoms with Crippen LogP contribution in [0.4, 0.5) is 0 Å². The lowest BCUT2D eigenvalue weighted by Gasteiger charge is -2.08. The van der Waals surface area contributed by atoms with Crippen LogP contribution < -0.4 is 14.2 Å². The van der Waals surface area contributed by atoms with E-state index in [-0.39, 0.29) is 29.4 Å². The molecule has 0 fully saturated rings. The molecular weight excluding hydrogens is 408 g/mol. The average molecular weight is 428 g/mol. The maximum atomic E-state index is 11.9. The molecule has 0 bridgehead atoms. The minimum Gasteiger partial charge on any atom is -0.497 e. The van der Waals surface area contributed by atoms with Gasteiger partial charge in [-0.15, -0.1) is 0 Å². The van der Waals surface area contributed by atoms with E-state index in [9.17, 15) is 9.59 Å². The smallest absolute Gasteiger partial charge is 0.338 e. The number of hydrogen-bond acceptors (Lipinski definition) is 10. The van der Waals surface area contributed by atoms with Crippen LogP contribution in [0.3, 0.4) is 0 Å². The van der Waals surface area contributed by atoms with Gasteiger partial charge in [0.05, 0.1) is 45.1 Å². The molecule has 3 aromatic rings. The van der Waals surface area contributed by atoms with Gasteiger partial charge in [0.15, 0.2) is 6.61 Å². The molecule has 10 heteroatoms. The number of nitrogens with zero attached hydrogens (tertiary/aromatic N) is 2. The molecule has 3 rings (SSSR count). The molecule has 0 radical (unpaired) electrons. The van der Waals surface area contributed by atoms with Gasteiger partial charge in [-0.3, -0.25) is 0 Å². The molecule has 0 aliphatic heterocycles. The number of aromatic nitrogens is 2. The van der Waals surface area contributed by atoms with Gasteiger partial charge < -0.3 is 28.2 Å². The lowest BCUT2D eigenvalue weighted by atomic mass is 10.1. The maximum Gasteiger partial charge on any atom is 0.338 e. The third-order valence-corrected chi connectivity index (χ3v) is 4.23. The number of esters is 2. The molecule has 0 aliphatic rings. The van der Waals surface area contributed by atoms with Crippen LogP contribution in [0.5, 0.6) is 17.2 Å². The van der Waals surface area contributed by atoms with Gasteiger partial charge in [0.1, 0.15) is 17.2 Å². The van der Waals surface area contributed by atoms with E-state index in [1.807, 2.05) is 0 Å². The Hall–Kier alpha value is -4.08. The SMILES string of the molecule is COC(=O)c1cc(OCc2nc(-c3ccc(OC)cc3OC)no2)cc(C(=O)OC)c1. The third kappa shape index (κ3) is 4.92. The number of carbonyl (C=O) groups excluding carboxylic acids is 2.